The topological polar surface area (TPSA) is 38.2 Å². The number of piperidine rings is 1. The van der Waals surface area contributed by atoms with Gasteiger partial charge < -0.3 is 9.64 Å². The van der Waals surface area contributed by atoms with Crippen LogP contribution in [0.5, 0.6) is 0 Å². The Morgan fingerprint density at radius 2 is 2.11 bits per heavy atom. The Balaban J connectivity index is 1.71. The molecular weight excluding hydrogens is 258 g/mol. The van der Waals surface area contributed by atoms with Crippen molar-refractivity contribution < 1.29 is 4.74 Å². The average molecular weight is 281 g/mol. The van der Waals surface area contributed by atoms with Crippen molar-refractivity contribution in [3.63, 3.8) is 0 Å². The smallest absolute Gasteiger partial charge is 0.208 e. The maximum absolute atomic E-state index is 5.87. The molecule has 0 aliphatic carbocycles. The first kappa shape index (κ1) is 13.3. The average Bonchev–Trinajstić information content (AvgIpc) is 2.87. The third kappa shape index (κ3) is 2.77. The summed E-state index contributed by atoms with van der Waals surface area (Å²) in [7, 11) is 0. The molecule has 19 heavy (non-hydrogen) atoms. The fraction of sp³-hybridized carbons (Fsp3) is 0.857. The van der Waals surface area contributed by atoms with Crippen molar-refractivity contribution in [2.75, 3.05) is 24.6 Å². The van der Waals surface area contributed by atoms with E-state index >= 15 is 0 Å². The lowest BCUT2D eigenvalue weighted by molar-refractivity contribution is -0.0357. The quantitative estimate of drug-likeness (QED) is 0.793. The minimum atomic E-state index is 0.0994. The highest BCUT2D eigenvalue weighted by Gasteiger charge is 2.33. The lowest BCUT2D eigenvalue weighted by Gasteiger charge is -2.40. The van der Waals surface area contributed by atoms with Crippen molar-refractivity contribution in [2.45, 2.75) is 51.6 Å². The molecule has 5 heteroatoms. The fourth-order valence-corrected chi connectivity index (χ4v) is 3.84. The predicted molar refractivity (Wildman–Crippen MR) is 77.9 cm³/mol. The van der Waals surface area contributed by atoms with E-state index in [0.29, 0.717) is 12.0 Å². The molecule has 0 bridgehead atoms. The van der Waals surface area contributed by atoms with Gasteiger partial charge in [-0.2, -0.15) is 0 Å². The van der Waals surface area contributed by atoms with Crippen molar-refractivity contribution in [2.24, 2.45) is 5.92 Å². The van der Waals surface area contributed by atoms with Crippen molar-refractivity contribution >= 4 is 16.5 Å². The SMILES string of the molecule is CC(C)(C)c1nnc(N2CCC3OCCCC3C2)s1. The number of anilines is 1. The molecule has 106 valence electrons. The zero-order valence-corrected chi connectivity index (χ0v) is 12.9. The maximum Gasteiger partial charge on any atom is 0.208 e. The van der Waals surface area contributed by atoms with Crippen LogP contribution in [0.1, 0.15) is 45.0 Å². The first-order valence-electron chi connectivity index (χ1n) is 7.24. The highest BCUT2D eigenvalue weighted by Crippen LogP contribution is 2.34. The van der Waals surface area contributed by atoms with Gasteiger partial charge in [-0.1, -0.05) is 32.1 Å². The summed E-state index contributed by atoms with van der Waals surface area (Å²) in [6.07, 6.45) is 4.12. The zero-order chi connectivity index (χ0) is 13.5. The summed E-state index contributed by atoms with van der Waals surface area (Å²) < 4.78 is 5.87. The van der Waals surface area contributed by atoms with Crippen LogP contribution in [0.25, 0.3) is 0 Å². The van der Waals surface area contributed by atoms with Gasteiger partial charge in [0.1, 0.15) is 5.01 Å². The van der Waals surface area contributed by atoms with Gasteiger partial charge in [0.25, 0.3) is 0 Å². The normalized spacial score (nSPS) is 28.3. The molecule has 2 fully saturated rings. The van der Waals surface area contributed by atoms with Crippen LogP contribution >= 0.6 is 11.3 Å². The molecule has 0 N–H and O–H groups in total. The molecule has 0 radical (unpaired) electrons. The molecule has 0 spiro atoms. The number of hydrogen-bond donors (Lipinski definition) is 0. The Hall–Kier alpha value is -0.680. The second-order valence-electron chi connectivity index (χ2n) is 6.69. The van der Waals surface area contributed by atoms with Crippen LogP contribution < -0.4 is 4.90 Å². The molecule has 1 aromatic heterocycles. The van der Waals surface area contributed by atoms with Crippen LogP contribution in [0.2, 0.25) is 0 Å². The molecule has 2 aliphatic rings. The summed E-state index contributed by atoms with van der Waals surface area (Å²) in [5.74, 6) is 0.685. The number of rotatable bonds is 1. The third-order valence-electron chi connectivity index (χ3n) is 4.04. The zero-order valence-electron chi connectivity index (χ0n) is 12.1. The summed E-state index contributed by atoms with van der Waals surface area (Å²) in [4.78, 5) is 2.41. The Bertz CT molecular complexity index is 440. The van der Waals surface area contributed by atoms with Gasteiger partial charge in [-0.05, 0) is 19.3 Å². The van der Waals surface area contributed by atoms with Gasteiger partial charge in [0.05, 0.1) is 6.10 Å². The predicted octanol–water partition coefficient (Wildman–Crippen LogP) is 2.84. The number of hydrogen-bond acceptors (Lipinski definition) is 5. The van der Waals surface area contributed by atoms with Crippen molar-refractivity contribution in [3.05, 3.63) is 5.01 Å². The Morgan fingerprint density at radius 3 is 2.84 bits per heavy atom. The number of fused-ring (bicyclic) bond motifs is 1. The second-order valence-corrected chi connectivity index (χ2v) is 7.64. The van der Waals surface area contributed by atoms with E-state index in [4.69, 9.17) is 4.74 Å². The summed E-state index contributed by atoms with van der Waals surface area (Å²) in [5, 5.41) is 11.0. The number of nitrogens with zero attached hydrogens (tertiary/aromatic N) is 3. The summed E-state index contributed by atoms with van der Waals surface area (Å²) >= 11 is 1.75. The summed E-state index contributed by atoms with van der Waals surface area (Å²) in [6.45, 7) is 9.67. The van der Waals surface area contributed by atoms with E-state index < -0.39 is 0 Å². The van der Waals surface area contributed by atoms with Gasteiger partial charge in [0.15, 0.2) is 0 Å². The van der Waals surface area contributed by atoms with E-state index in [9.17, 15) is 0 Å². The Labute approximate surface area is 119 Å². The molecule has 2 atom stereocenters. The monoisotopic (exact) mass is 281 g/mol. The standard InChI is InChI=1S/C14H23N3OS/c1-14(2,3)12-15-16-13(19-12)17-7-6-11-10(9-17)5-4-8-18-11/h10-11H,4-9H2,1-3H3. The van der Waals surface area contributed by atoms with Crippen molar-refractivity contribution in [1.29, 1.82) is 0 Å². The van der Waals surface area contributed by atoms with Crippen LogP contribution in [0, 0.1) is 5.92 Å². The molecule has 3 heterocycles. The highest BCUT2D eigenvalue weighted by atomic mass is 32.1. The summed E-state index contributed by atoms with van der Waals surface area (Å²) in [6, 6.07) is 0. The van der Waals surface area contributed by atoms with E-state index in [1.54, 1.807) is 11.3 Å². The van der Waals surface area contributed by atoms with E-state index in [-0.39, 0.29) is 5.41 Å². The van der Waals surface area contributed by atoms with Gasteiger partial charge in [0, 0.05) is 31.0 Å². The third-order valence-corrected chi connectivity index (χ3v) is 5.45. The first-order chi connectivity index (χ1) is 9.04. The van der Waals surface area contributed by atoms with E-state index in [0.717, 1.165) is 36.3 Å². The van der Waals surface area contributed by atoms with Crippen LogP contribution in [0.3, 0.4) is 0 Å². The molecule has 0 saturated carbocycles. The second kappa shape index (κ2) is 5.02. The van der Waals surface area contributed by atoms with E-state index in [1.807, 2.05) is 0 Å². The van der Waals surface area contributed by atoms with Crippen LogP contribution in [0.4, 0.5) is 5.13 Å². The molecule has 2 aliphatic heterocycles. The highest BCUT2D eigenvalue weighted by molar-refractivity contribution is 7.15. The van der Waals surface area contributed by atoms with Gasteiger partial charge in [-0.15, -0.1) is 10.2 Å². The summed E-state index contributed by atoms with van der Waals surface area (Å²) in [5.41, 5.74) is 0.0994. The van der Waals surface area contributed by atoms with Crippen LogP contribution in [-0.2, 0) is 10.2 Å². The maximum atomic E-state index is 5.87. The Morgan fingerprint density at radius 1 is 1.26 bits per heavy atom. The molecule has 2 saturated heterocycles. The Kier molecular flexibility index (Phi) is 3.52. The van der Waals surface area contributed by atoms with E-state index in [1.165, 1.54) is 12.8 Å². The van der Waals surface area contributed by atoms with Crippen molar-refractivity contribution in [1.82, 2.24) is 10.2 Å². The molecule has 3 rings (SSSR count). The molecule has 2 unspecified atom stereocenters. The lowest BCUT2D eigenvalue weighted by Crippen LogP contribution is -2.46. The lowest BCUT2D eigenvalue weighted by atomic mass is 9.89. The molecule has 4 nitrogen and oxygen atoms in total. The van der Waals surface area contributed by atoms with Gasteiger partial charge in [-0.25, -0.2) is 0 Å². The van der Waals surface area contributed by atoms with Crippen LogP contribution in [0.15, 0.2) is 0 Å². The molecular formula is C14H23N3OS. The van der Waals surface area contributed by atoms with Crippen LogP contribution in [-0.4, -0.2) is 36.0 Å². The largest absolute Gasteiger partial charge is 0.378 e. The molecule has 0 amide bonds. The first-order valence-corrected chi connectivity index (χ1v) is 8.06. The fourth-order valence-electron chi connectivity index (χ4n) is 2.91. The number of ether oxygens (including phenoxy) is 1. The molecule has 1 aromatic rings. The van der Waals surface area contributed by atoms with Gasteiger partial charge >= 0.3 is 0 Å². The van der Waals surface area contributed by atoms with Gasteiger partial charge in [-0.3, -0.25) is 0 Å². The number of aromatic nitrogens is 2. The van der Waals surface area contributed by atoms with E-state index in [2.05, 4.69) is 35.9 Å². The minimum Gasteiger partial charge on any atom is -0.378 e. The molecule has 0 aromatic carbocycles. The minimum absolute atomic E-state index is 0.0994. The van der Waals surface area contributed by atoms with Gasteiger partial charge in [0.2, 0.25) is 5.13 Å². The van der Waals surface area contributed by atoms with Crippen molar-refractivity contribution in [3.8, 4) is 0 Å².